The maximum absolute atomic E-state index is 10.1. The van der Waals surface area contributed by atoms with Gasteiger partial charge in [-0.3, -0.25) is 0 Å². The van der Waals surface area contributed by atoms with E-state index in [4.69, 9.17) is 9.69 Å². The molecule has 0 aromatic rings. The van der Waals surface area contributed by atoms with Crippen molar-refractivity contribution in [2.45, 2.75) is 77.1 Å². The zero-order valence-electron chi connectivity index (χ0n) is 14.5. The number of unbranched alkanes of at least 4 members (excludes halogenated alkanes) is 2. The van der Waals surface area contributed by atoms with Gasteiger partial charge >= 0.3 is 0 Å². The third kappa shape index (κ3) is 5.61. The van der Waals surface area contributed by atoms with Gasteiger partial charge in [0.05, 0.1) is 12.2 Å². The quantitative estimate of drug-likeness (QED) is 0.454. The summed E-state index contributed by atoms with van der Waals surface area (Å²) in [5, 5.41) is 18.7. The smallest absolute Gasteiger partial charge is 0.192 e. The summed E-state index contributed by atoms with van der Waals surface area (Å²) >= 11 is 0. The van der Waals surface area contributed by atoms with Crippen LogP contribution >= 0.6 is 0 Å². The van der Waals surface area contributed by atoms with Crippen molar-refractivity contribution in [3.8, 4) is 17.9 Å². The van der Waals surface area contributed by atoms with Gasteiger partial charge in [-0.2, -0.15) is 5.26 Å². The lowest BCUT2D eigenvalue weighted by Gasteiger charge is -2.38. The van der Waals surface area contributed by atoms with E-state index in [1.165, 1.54) is 0 Å². The summed E-state index contributed by atoms with van der Waals surface area (Å²) < 4.78 is 6.32. The maximum Gasteiger partial charge on any atom is 0.192 e. The summed E-state index contributed by atoms with van der Waals surface area (Å²) in [7, 11) is -1.82. The van der Waals surface area contributed by atoms with Crippen molar-refractivity contribution in [1.82, 2.24) is 0 Å². The first kappa shape index (κ1) is 19.0. The first-order valence-corrected chi connectivity index (χ1v) is 10.8. The highest BCUT2D eigenvalue weighted by atomic mass is 28.4. The Bertz CT molecular complexity index is 500. The summed E-state index contributed by atoms with van der Waals surface area (Å²) in [6, 6.07) is 2.11. The molecule has 1 atom stereocenters. The molecule has 22 heavy (non-hydrogen) atoms. The van der Waals surface area contributed by atoms with Gasteiger partial charge in [-0.25, -0.2) is 0 Å². The van der Waals surface area contributed by atoms with Crippen LogP contribution in [0.2, 0.25) is 18.1 Å². The molecule has 1 rings (SSSR count). The number of hydrogen-bond acceptors (Lipinski definition) is 3. The van der Waals surface area contributed by atoms with Crippen molar-refractivity contribution in [3.63, 3.8) is 0 Å². The molecular formula is C18H28NO2Si. The number of nitrogens with zero attached hydrogens (tertiary/aromatic N) is 1. The van der Waals surface area contributed by atoms with Gasteiger partial charge in [0, 0.05) is 25.7 Å². The van der Waals surface area contributed by atoms with E-state index in [0.29, 0.717) is 25.4 Å². The molecule has 1 aliphatic rings. The molecule has 0 bridgehead atoms. The number of aliphatic hydroxyl groups is 1. The second-order valence-corrected chi connectivity index (χ2v) is 12.1. The summed E-state index contributed by atoms with van der Waals surface area (Å²) in [5.41, 5.74) is 0.900. The Morgan fingerprint density at radius 3 is 2.59 bits per heavy atom. The van der Waals surface area contributed by atoms with Gasteiger partial charge in [0.1, 0.15) is 6.10 Å². The van der Waals surface area contributed by atoms with Crippen LogP contribution in [0.25, 0.3) is 0 Å². The summed E-state index contributed by atoms with van der Waals surface area (Å²) in [4.78, 5) is 0. The number of nitriles is 1. The van der Waals surface area contributed by atoms with Crippen LogP contribution in [0.3, 0.4) is 0 Å². The molecule has 0 fully saturated rings. The molecule has 0 saturated carbocycles. The van der Waals surface area contributed by atoms with Gasteiger partial charge in [-0.1, -0.05) is 32.8 Å². The van der Waals surface area contributed by atoms with Crippen LogP contribution in [0.5, 0.6) is 0 Å². The highest BCUT2D eigenvalue weighted by molar-refractivity contribution is 6.74. The highest BCUT2D eigenvalue weighted by Crippen LogP contribution is 2.40. The predicted molar refractivity (Wildman–Crippen MR) is 91.8 cm³/mol. The molecule has 121 valence electrons. The van der Waals surface area contributed by atoms with Crippen LogP contribution in [-0.4, -0.2) is 19.5 Å². The lowest BCUT2D eigenvalue weighted by molar-refractivity contribution is 0.199. The van der Waals surface area contributed by atoms with E-state index in [1.54, 1.807) is 0 Å². The minimum absolute atomic E-state index is 0.0173. The lowest BCUT2D eigenvalue weighted by atomic mass is 10.1. The third-order valence-corrected chi connectivity index (χ3v) is 8.90. The largest absolute Gasteiger partial charge is 0.410 e. The van der Waals surface area contributed by atoms with E-state index >= 15 is 0 Å². The van der Waals surface area contributed by atoms with E-state index in [9.17, 15) is 5.11 Å². The van der Waals surface area contributed by atoms with Gasteiger partial charge in [-0.15, -0.1) is 5.92 Å². The molecule has 1 radical (unpaired) electrons. The topological polar surface area (TPSA) is 53.2 Å². The Kier molecular flexibility index (Phi) is 6.87. The van der Waals surface area contributed by atoms with Crippen LogP contribution in [0.15, 0.2) is 11.6 Å². The Morgan fingerprint density at radius 2 is 2.00 bits per heavy atom. The number of aliphatic hydroxyl groups excluding tert-OH is 1. The first-order valence-electron chi connectivity index (χ1n) is 7.94. The molecule has 0 aromatic carbocycles. The standard InChI is InChI=1S/C18H28NO2Si/c1-18(2,3)22(4,5)21-16-13-15(17(20)14-16)11-9-7-6-8-10-12-19/h13,16,20H,6,8,10-11,14H2,1-5H3/t16-/m0/s1. The Labute approximate surface area is 136 Å². The molecule has 1 N–H and O–H groups in total. The van der Waals surface area contributed by atoms with E-state index < -0.39 is 8.32 Å². The Hall–Kier alpha value is -1.07. The normalized spacial score (nSPS) is 19.3. The minimum atomic E-state index is -1.82. The van der Waals surface area contributed by atoms with Crippen molar-refractivity contribution < 1.29 is 9.53 Å². The average Bonchev–Trinajstić information content (AvgIpc) is 2.72. The van der Waals surface area contributed by atoms with Gasteiger partial charge in [-0.05, 0) is 30.1 Å². The van der Waals surface area contributed by atoms with Gasteiger partial charge in [0.15, 0.2) is 8.32 Å². The molecular weight excluding hydrogens is 290 g/mol. The van der Waals surface area contributed by atoms with E-state index in [-0.39, 0.29) is 11.1 Å². The van der Waals surface area contributed by atoms with Crippen LogP contribution in [-0.2, 0) is 4.43 Å². The molecule has 3 nitrogen and oxygen atoms in total. The van der Waals surface area contributed by atoms with Gasteiger partial charge in [0.2, 0.25) is 0 Å². The fourth-order valence-electron chi connectivity index (χ4n) is 1.99. The SMILES string of the molecule is CC(C)(C)[Si](C)(C)O[C@H]1C=C(CC#CCCCC#N)[C](O)C1. The molecule has 0 unspecified atom stereocenters. The minimum Gasteiger partial charge on any atom is -0.410 e. The molecule has 0 heterocycles. The zero-order chi connectivity index (χ0) is 16.8. The molecule has 1 aliphatic carbocycles. The van der Waals surface area contributed by atoms with E-state index in [1.807, 2.05) is 6.08 Å². The zero-order valence-corrected chi connectivity index (χ0v) is 15.5. The first-order chi connectivity index (χ1) is 10.2. The Morgan fingerprint density at radius 1 is 1.32 bits per heavy atom. The lowest BCUT2D eigenvalue weighted by Crippen LogP contribution is -2.43. The van der Waals surface area contributed by atoms with Crippen LogP contribution in [0.4, 0.5) is 0 Å². The van der Waals surface area contributed by atoms with Crippen LogP contribution < -0.4 is 0 Å². The van der Waals surface area contributed by atoms with Crippen molar-refractivity contribution >= 4 is 8.32 Å². The van der Waals surface area contributed by atoms with Gasteiger partial charge < -0.3 is 9.53 Å². The predicted octanol–water partition coefficient (Wildman–Crippen LogP) is 4.70. The Balaban J connectivity index is 2.55. The highest BCUT2D eigenvalue weighted by Gasteiger charge is 2.40. The summed E-state index contributed by atoms with van der Waals surface area (Å²) in [6.45, 7) is 11.1. The fraction of sp³-hybridized carbons (Fsp3) is 0.667. The van der Waals surface area contributed by atoms with Crippen molar-refractivity contribution in [2.75, 3.05) is 0 Å². The molecule has 0 aliphatic heterocycles. The molecule has 0 aromatic heterocycles. The van der Waals surface area contributed by atoms with Crippen molar-refractivity contribution in [2.24, 2.45) is 0 Å². The van der Waals surface area contributed by atoms with Crippen molar-refractivity contribution in [1.29, 1.82) is 5.26 Å². The van der Waals surface area contributed by atoms with Crippen LogP contribution in [0, 0.1) is 29.3 Å². The molecule has 0 saturated heterocycles. The number of rotatable bonds is 5. The van der Waals surface area contributed by atoms with Gasteiger partial charge in [0.25, 0.3) is 0 Å². The van der Waals surface area contributed by atoms with Crippen LogP contribution in [0.1, 0.15) is 52.9 Å². The monoisotopic (exact) mass is 318 g/mol. The van der Waals surface area contributed by atoms with E-state index in [0.717, 1.165) is 18.4 Å². The van der Waals surface area contributed by atoms with Crippen molar-refractivity contribution in [3.05, 3.63) is 17.8 Å². The third-order valence-electron chi connectivity index (χ3n) is 4.40. The second-order valence-electron chi connectivity index (χ2n) is 7.30. The average molecular weight is 319 g/mol. The van der Waals surface area contributed by atoms with E-state index in [2.05, 4.69) is 51.8 Å². The summed E-state index contributed by atoms with van der Waals surface area (Å²) in [6.07, 6.45) is 5.66. The summed E-state index contributed by atoms with van der Waals surface area (Å²) in [5.74, 6) is 6.13. The second kappa shape index (κ2) is 7.97. The maximum atomic E-state index is 10.1. The molecule has 0 amide bonds. The molecule has 0 spiro atoms. The number of hydrogen-bond donors (Lipinski definition) is 1. The fourth-order valence-corrected chi connectivity index (χ4v) is 3.26. The molecule has 4 heteroatoms.